The van der Waals surface area contributed by atoms with Crippen LogP contribution < -0.4 is 10.6 Å². The fourth-order valence-corrected chi connectivity index (χ4v) is 2.26. The van der Waals surface area contributed by atoms with Gasteiger partial charge in [-0.05, 0) is 25.3 Å². The van der Waals surface area contributed by atoms with E-state index in [0.29, 0.717) is 6.54 Å². The van der Waals surface area contributed by atoms with Crippen LogP contribution in [0.2, 0.25) is 0 Å². The van der Waals surface area contributed by atoms with E-state index in [9.17, 15) is 4.79 Å². The third kappa shape index (κ3) is 5.17. The lowest BCUT2D eigenvalue weighted by atomic mass is 9.81. The molecular weight excluding hydrogens is 188 g/mol. The Labute approximate surface area is 93.0 Å². The second-order valence-electron chi connectivity index (χ2n) is 4.79. The third-order valence-electron chi connectivity index (χ3n) is 3.35. The smallest absolute Gasteiger partial charge is 0.233 e. The van der Waals surface area contributed by atoms with Gasteiger partial charge in [0.15, 0.2) is 0 Å². The molecule has 0 unspecified atom stereocenters. The maximum atomic E-state index is 11.2. The summed E-state index contributed by atoms with van der Waals surface area (Å²) >= 11 is 0. The van der Waals surface area contributed by atoms with Crippen molar-refractivity contribution in [3.05, 3.63) is 0 Å². The van der Waals surface area contributed by atoms with E-state index in [-0.39, 0.29) is 5.91 Å². The second kappa shape index (κ2) is 6.83. The molecule has 1 rings (SSSR count). The maximum Gasteiger partial charge on any atom is 0.233 e. The quantitative estimate of drug-likeness (QED) is 0.726. The Morgan fingerprint density at radius 2 is 1.93 bits per heavy atom. The summed E-state index contributed by atoms with van der Waals surface area (Å²) in [5.74, 6) is 1.87. The predicted molar refractivity (Wildman–Crippen MR) is 62.7 cm³/mol. The van der Waals surface area contributed by atoms with E-state index in [1.807, 2.05) is 0 Å². The Morgan fingerprint density at radius 3 is 2.53 bits per heavy atom. The van der Waals surface area contributed by atoms with E-state index in [4.69, 9.17) is 0 Å². The van der Waals surface area contributed by atoms with Gasteiger partial charge < -0.3 is 10.6 Å². The van der Waals surface area contributed by atoms with Crippen molar-refractivity contribution >= 4 is 5.91 Å². The van der Waals surface area contributed by atoms with E-state index < -0.39 is 0 Å². The Kier molecular flexibility index (Phi) is 5.69. The molecule has 0 heterocycles. The van der Waals surface area contributed by atoms with Crippen molar-refractivity contribution in [2.24, 2.45) is 11.8 Å². The van der Waals surface area contributed by atoms with Crippen LogP contribution in [-0.4, -0.2) is 26.0 Å². The van der Waals surface area contributed by atoms with Gasteiger partial charge >= 0.3 is 0 Å². The van der Waals surface area contributed by atoms with Crippen LogP contribution in [0.3, 0.4) is 0 Å². The molecule has 88 valence electrons. The summed E-state index contributed by atoms with van der Waals surface area (Å²) in [6.45, 7) is 3.62. The lowest BCUT2D eigenvalue weighted by Gasteiger charge is -2.26. The van der Waals surface area contributed by atoms with Crippen molar-refractivity contribution < 1.29 is 4.79 Å². The van der Waals surface area contributed by atoms with Crippen LogP contribution in [0.5, 0.6) is 0 Å². The summed E-state index contributed by atoms with van der Waals surface area (Å²) in [4.78, 5) is 11.2. The minimum atomic E-state index is 0.113. The first-order chi connectivity index (χ1) is 7.22. The number of carbonyl (C=O) groups excluding carboxylic acids is 1. The summed E-state index contributed by atoms with van der Waals surface area (Å²) in [7, 11) is 1.79. The van der Waals surface area contributed by atoms with Crippen LogP contribution in [0, 0.1) is 11.8 Å². The highest BCUT2D eigenvalue weighted by Gasteiger charge is 2.17. The number of hydrogen-bond donors (Lipinski definition) is 2. The van der Waals surface area contributed by atoms with Crippen molar-refractivity contribution in [1.82, 2.24) is 10.6 Å². The van der Waals surface area contributed by atoms with Crippen LogP contribution in [0.1, 0.15) is 39.0 Å². The molecule has 3 heteroatoms. The van der Waals surface area contributed by atoms with Gasteiger partial charge in [0, 0.05) is 6.54 Å². The molecule has 0 aromatic carbocycles. The SMILES string of the molecule is CNCC(=O)NCCC1CCC(C)CC1. The Morgan fingerprint density at radius 1 is 1.27 bits per heavy atom. The average Bonchev–Trinajstić information content (AvgIpc) is 2.21. The molecule has 3 nitrogen and oxygen atoms in total. The van der Waals surface area contributed by atoms with E-state index in [0.717, 1.165) is 24.8 Å². The van der Waals surface area contributed by atoms with Crippen molar-refractivity contribution in [2.45, 2.75) is 39.0 Å². The van der Waals surface area contributed by atoms with Gasteiger partial charge in [0.2, 0.25) is 5.91 Å². The average molecular weight is 212 g/mol. The number of hydrogen-bond acceptors (Lipinski definition) is 2. The highest BCUT2D eigenvalue weighted by Crippen LogP contribution is 2.29. The van der Waals surface area contributed by atoms with E-state index in [2.05, 4.69) is 17.6 Å². The first-order valence-electron chi connectivity index (χ1n) is 6.13. The summed E-state index contributed by atoms with van der Waals surface area (Å²) in [6.07, 6.45) is 6.60. The Bertz CT molecular complexity index is 186. The molecule has 0 aliphatic heterocycles. The topological polar surface area (TPSA) is 41.1 Å². The lowest BCUT2D eigenvalue weighted by Crippen LogP contribution is -2.33. The molecule has 0 saturated heterocycles. The van der Waals surface area contributed by atoms with Crippen molar-refractivity contribution in [1.29, 1.82) is 0 Å². The zero-order valence-electron chi connectivity index (χ0n) is 10.0. The number of nitrogens with one attached hydrogen (secondary N) is 2. The van der Waals surface area contributed by atoms with Crippen molar-refractivity contribution in [3.8, 4) is 0 Å². The number of carbonyl (C=O) groups is 1. The van der Waals surface area contributed by atoms with Crippen LogP contribution >= 0.6 is 0 Å². The minimum Gasteiger partial charge on any atom is -0.355 e. The first-order valence-corrected chi connectivity index (χ1v) is 6.13. The Hall–Kier alpha value is -0.570. The molecule has 1 aliphatic rings. The van der Waals surface area contributed by atoms with Gasteiger partial charge in [0.1, 0.15) is 0 Å². The maximum absolute atomic E-state index is 11.2. The number of amides is 1. The summed E-state index contributed by atoms with van der Waals surface area (Å²) in [5, 5.41) is 5.79. The molecule has 2 N–H and O–H groups in total. The largest absolute Gasteiger partial charge is 0.355 e. The van der Waals surface area contributed by atoms with Gasteiger partial charge in [-0.15, -0.1) is 0 Å². The fraction of sp³-hybridized carbons (Fsp3) is 0.917. The summed E-state index contributed by atoms with van der Waals surface area (Å²) in [6, 6.07) is 0. The summed E-state index contributed by atoms with van der Waals surface area (Å²) in [5.41, 5.74) is 0. The van der Waals surface area contributed by atoms with Gasteiger partial charge in [0.05, 0.1) is 6.54 Å². The minimum absolute atomic E-state index is 0.113. The number of likely N-dealkylation sites (N-methyl/N-ethyl adjacent to an activating group) is 1. The van der Waals surface area contributed by atoms with E-state index >= 15 is 0 Å². The third-order valence-corrected chi connectivity index (χ3v) is 3.35. The van der Waals surface area contributed by atoms with Crippen LogP contribution in [0.15, 0.2) is 0 Å². The zero-order chi connectivity index (χ0) is 11.1. The van der Waals surface area contributed by atoms with Crippen LogP contribution in [0.4, 0.5) is 0 Å². The highest BCUT2D eigenvalue weighted by atomic mass is 16.1. The second-order valence-corrected chi connectivity index (χ2v) is 4.79. The van der Waals surface area contributed by atoms with Crippen molar-refractivity contribution in [2.75, 3.05) is 20.1 Å². The molecular formula is C12H24N2O. The molecule has 1 aliphatic carbocycles. The molecule has 0 bridgehead atoms. The molecule has 15 heavy (non-hydrogen) atoms. The monoisotopic (exact) mass is 212 g/mol. The molecule has 0 aromatic rings. The predicted octanol–water partition coefficient (Wildman–Crippen LogP) is 1.54. The van der Waals surface area contributed by atoms with Crippen LogP contribution in [0.25, 0.3) is 0 Å². The first kappa shape index (κ1) is 12.5. The van der Waals surface area contributed by atoms with Crippen molar-refractivity contribution in [3.63, 3.8) is 0 Å². The van der Waals surface area contributed by atoms with Gasteiger partial charge in [-0.1, -0.05) is 32.6 Å². The van der Waals surface area contributed by atoms with Gasteiger partial charge in [-0.25, -0.2) is 0 Å². The molecule has 1 saturated carbocycles. The normalized spacial score (nSPS) is 26.3. The molecule has 1 amide bonds. The van der Waals surface area contributed by atoms with Crippen LogP contribution in [-0.2, 0) is 4.79 Å². The fourth-order valence-electron chi connectivity index (χ4n) is 2.26. The molecule has 0 radical (unpaired) electrons. The lowest BCUT2D eigenvalue weighted by molar-refractivity contribution is -0.120. The molecule has 0 spiro atoms. The standard InChI is InChI=1S/C12H24N2O/c1-10-3-5-11(6-4-10)7-8-14-12(15)9-13-2/h10-11,13H,3-9H2,1-2H3,(H,14,15). The van der Waals surface area contributed by atoms with Gasteiger partial charge in [-0.3, -0.25) is 4.79 Å². The van der Waals surface area contributed by atoms with Gasteiger partial charge in [0.25, 0.3) is 0 Å². The Balaban J connectivity index is 2.02. The molecule has 0 atom stereocenters. The highest BCUT2D eigenvalue weighted by molar-refractivity contribution is 5.77. The summed E-state index contributed by atoms with van der Waals surface area (Å²) < 4.78 is 0. The molecule has 1 fully saturated rings. The zero-order valence-corrected chi connectivity index (χ0v) is 10.0. The molecule has 0 aromatic heterocycles. The van der Waals surface area contributed by atoms with E-state index in [1.54, 1.807) is 7.05 Å². The van der Waals surface area contributed by atoms with E-state index in [1.165, 1.54) is 25.7 Å². The van der Waals surface area contributed by atoms with Gasteiger partial charge in [-0.2, -0.15) is 0 Å². The number of rotatable bonds is 5.